The van der Waals surface area contributed by atoms with E-state index in [9.17, 15) is 4.39 Å². The molecule has 0 aromatic heterocycles. The summed E-state index contributed by atoms with van der Waals surface area (Å²) in [5, 5.41) is 0. The molecule has 0 amide bonds. The zero-order chi connectivity index (χ0) is 8.81. The third kappa shape index (κ3) is 2.70. The smallest absolute Gasteiger partial charge is 0.0866 e. The van der Waals surface area contributed by atoms with Crippen LogP contribution in [0.15, 0.2) is 42.7 Å². The van der Waals surface area contributed by atoms with Gasteiger partial charge >= 0.3 is 0 Å². The molecular weight excluding hydrogens is 151 g/mol. The third-order valence-corrected chi connectivity index (χ3v) is 1.55. The summed E-state index contributed by atoms with van der Waals surface area (Å²) in [4.78, 5) is 0. The molecule has 0 atom stereocenters. The lowest BCUT2D eigenvalue weighted by atomic mass is 10.1. The van der Waals surface area contributed by atoms with Crippen LogP contribution >= 0.6 is 0 Å². The van der Waals surface area contributed by atoms with Crippen LogP contribution in [0.5, 0.6) is 0 Å². The maximum absolute atomic E-state index is 11.5. The highest BCUT2D eigenvalue weighted by Crippen LogP contribution is 2.04. The van der Waals surface area contributed by atoms with Crippen LogP contribution in [0.2, 0.25) is 0 Å². The summed E-state index contributed by atoms with van der Waals surface area (Å²) in [6.07, 6.45) is 5.41. The predicted molar refractivity (Wildman–Crippen MR) is 50.5 cm³/mol. The normalized spacial score (nSPS) is 11.5. The molecule has 1 rings (SSSR count). The molecule has 0 unspecified atom stereocenters. The van der Waals surface area contributed by atoms with Gasteiger partial charge in [-0.3, -0.25) is 0 Å². The molecule has 1 heteroatoms. The summed E-state index contributed by atoms with van der Waals surface area (Å²) in [6.45, 7) is 2.04. The molecule has 0 nitrogen and oxygen atoms in total. The van der Waals surface area contributed by atoms with Crippen molar-refractivity contribution in [1.82, 2.24) is 0 Å². The Hall–Kier alpha value is -1.37. The number of allylic oxidation sites excluding steroid dienone is 2. The first-order valence-corrected chi connectivity index (χ1v) is 3.83. The maximum atomic E-state index is 11.5. The standard InChI is InChI=1S/C11H11F/c1-10-5-7-11(8-6-10)4-2-3-9-12/h2-9H,1H3/b4-2+,9-3+. The first kappa shape index (κ1) is 8.72. The molecule has 12 heavy (non-hydrogen) atoms. The molecule has 1 aromatic carbocycles. The zero-order valence-corrected chi connectivity index (χ0v) is 7.00. The van der Waals surface area contributed by atoms with Gasteiger partial charge in [0.15, 0.2) is 0 Å². The molecule has 0 fully saturated rings. The van der Waals surface area contributed by atoms with Gasteiger partial charge in [-0.1, -0.05) is 42.0 Å². The molecule has 0 radical (unpaired) electrons. The van der Waals surface area contributed by atoms with Gasteiger partial charge in [0.05, 0.1) is 6.33 Å². The minimum atomic E-state index is 0.519. The quantitative estimate of drug-likeness (QED) is 0.584. The lowest BCUT2D eigenvalue weighted by molar-refractivity contribution is 0.721. The van der Waals surface area contributed by atoms with Crippen LogP contribution in [0.25, 0.3) is 6.08 Å². The van der Waals surface area contributed by atoms with Crippen LogP contribution in [-0.4, -0.2) is 0 Å². The van der Waals surface area contributed by atoms with Gasteiger partial charge < -0.3 is 0 Å². The zero-order valence-electron chi connectivity index (χ0n) is 7.00. The fourth-order valence-corrected chi connectivity index (χ4v) is 0.886. The Morgan fingerprint density at radius 3 is 2.33 bits per heavy atom. The highest BCUT2D eigenvalue weighted by Gasteiger charge is 1.83. The Balaban J connectivity index is 2.70. The molecule has 0 aliphatic rings. The first-order valence-electron chi connectivity index (χ1n) is 3.83. The van der Waals surface area contributed by atoms with Crippen LogP contribution in [0, 0.1) is 6.92 Å². The second-order valence-electron chi connectivity index (χ2n) is 2.59. The minimum absolute atomic E-state index is 0.519. The Morgan fingerprint density at radius 1 is 1.08 bits per heavy atom. The molecule has 0 aliphatic heterocycles. The largest absolute Gasteiger partial charge is 0.216 e. The van der Waals surface area contributed by atoms with Gasteiger partial charge in [0.25, 0.3) is 0 Å². The van der Waals surface area contributed by atoms with E-state index >= 15 is 0 Å². The van der Waals surface area contributed by atoms with E-state index in [4.69, 9.17) is 0 Å². The number of rotatable bonds is 2. The van der Waals surface area contributed by atoms with Crippen LogP contribution in [-0.2, 0) is 0 Å². The Labute approximate surface area is 72.0 Å². The van der Waals surface area contributed by atoms with E-state index in [1.165, 1.54) is 11.6 Å². The van der Waals surface area contributed by atoms with Crippen molar-refractivity contribution in [2.24, 2.45) is 0 Å². The highest BCUT2D eigenvalue weighted by atomic mass is 19.1. The molecule has 0 saturated heterocycles. The molecule has 0 saturated carbocycles. The molecular formula is C11H11F. The predicted octanol–water partition coefficient (Wildman–Crippen LogP) is 3.49. The van der Waals surface area contributed by atoms with E-state index in [1.807, 2.05) is 37.3 Å². The lowest BCUT2D eigenvalue weighted by Gasteiger charge is -1.92. The van der Waals surface area contributed by atoms with Crippen molar-refractivity contribution >= 4 is 6.08 Å². The SMILES string of the molecule is Cc1ccc(/C=C/C=C/F)cc1. The minimum Gasteiger partial charge on any atom is -0.216 e. The van der Waals surface area contributed by atoms with Crippen molar-refractivity contribution in [2.75, 3.05) is 0 Å². The molecule has 0 heterocycles. The molecule has 1 aromatic rings. The fraction of sp³-hybridized carbons (Fsp3) is 0.0909. The molecule has 0 N–H and O–H groups in total. The highest BCUT2D eigenvalue weighted by molar-refractivity contribution is 5.51. The number of aryl methyl sites for hydroxylation is 1. The topological polar surface area (TPSA) is 0 Å². The summed E-state index contributed by atoms with van der Waals surface area (Å²) in [5.41, 5.74) is 2.31. The maximum Gasteiger partial charge on any atom is 0.0866 e. The average molecular weight is 162 g/mol. The van der Waals surface area contributed by atoms with Crippen molar-refractivity contribution in [3.8, 4) is 0 Å². The van der Waals surface area contributed by atoms with Gasteiger partial charge in [-0.05, 0) is 18.6 Å². The van der Waals surface area contributed by atoms with Gasteiger partial charge in [0, 0.05) is 0 Å². The number of hydrogen-bond acceptors (Lipinski definition) is 0. The molecule has 0 spiro atoms. The van der Waals surface area contributed by atoms with Crippen molar-refractivity contribution < 1.29 is 4.39 Å². The van der Waals surface area contributed by atoms with Gasteiger partial charge in [0.1, 0.15) is 0 Å². The summed E-state index contributed by atoms with van der Waals surface area (Å²) < 4.78 is 11.5. The summed E-state index contributed by atoms with van der Waals surface area (Å²) in [6, 6.07) is 8.05. The fourth-order valence-electron chi connectivity index (χ4n) is 0.886. The van der Waals surface area contributed by atoms with E-state index < -0.39 is 0 Å². The Kier molecular flexibility index (Phi) is 3.27. The van der Waals surface area contributed by atoms with E-state index in [0.717, 1.165) is 5.56 Å². The van der Waals surface area contributed by atoms with Gasteiger partial charge in [-0.2, -0.15) is 0 Å². The van der Waals surface area contributed by atoms with Crippen molar-refractivity contribution in [3.05, 3.63) is 53.9 Å². The Morgan fingerprint density at radius 2 is 1.75 bits per heavy atom. The van der Waals surface area contributed by atoms with E-state index in [-0.39, 0.29) is 0 Å². The summed E-state index contributed by atoms with van der Waals surface area (Å²) in [7, 11) is 0. The summed E-state index contributed by atoms with van der Waals surface area (Å²) >= 11 is 0. The van der Waals surface area contributed by atoms with Crippen molar-refractivity contribution in [3.63, 3.8) is 0 Å². The number of halogens is 1. The third-order valence-electron chi connectivity index (χ3n) is 1.55. The monoisotopic (exact) mass is 162 g/mol. The lowest BCUT2D eigenvalue weighted by Crippen LogP contribution is -1.72. The van der Waals surface area contributed by atoms with Crippen molar-refractivity contribution in [2.45, 2.75) is 6.92 Å². The second kappa shape index (κ2) is 4.50. The molecule has 0 bridgehead atoms. The second-order valence-corrected chi connectivity index (χ2v) is 2.59. The van der Waals surface area contributed by atoms with Crippen molar-refractivity contribution in [1.29, 1.82) is 0 Å². The van der Waals surface area contributed by atoms with Crippen LogP contribution in [0.4, 0.5) is 4.39 Å². The number of hydrogen-bond donors (Lipinski definition) is 0. The van der Waals surface area contributed by atoms with Crippen LogP contribution < -0.4 is 0 Å². The Bertz CT molecular complexity index is 280. The van der Waals surface area contributed by atoms with E-state index in [1.54, 1.807) is 6.08 Å². The van der Waals surface area contributed by atoms with Gasteiger partial charge in [-0.15, -0.1) is 0 Å². The summed E-state index contributed by atoms with van der Waals surface area (Å²) in [5.74, 6) is 0. The van der Waals surface area contributed by atoms with E-state index in [0.29, 0.717) is 6.33 Å². The van der Waals surface area contributed by atoms with E-state index in [2.05, 4.69) is 0 Å². The van der Waals surface area contributed by atoms with Crippen LogP contribution in [0.3, 0.4) is 0 Å². The first-order chi connectivity index (χ1) is 5.83. The average Bonchev–Trinajstić information content (AvgIpc) is 2.09. The van der Waals surface area contributed by atoms with Crippen LogP contribution in [0.1, 0.15) is 11.1 Å². The van der Waals surface area contributed by atoms with Gasteiger partial charge in [0.2, 0.25) is 0 Å². The molecule has 0 aliphatic carbocycles. The molecule has 62 valence electrons. The van der Waals surface area contributed by atoms with Gasteiger partial charge in [-0.25, -0.2) is 4.39 Å². The number of benzene rings is 1.